The summed E-state index contributed by atoms with van der Waals surface area (Å²) >= 11 is 0. The first kappa shape index (κ1) is 14.3. The molecule has 0 radical (unpaired) electrons. The number of esters is 1. The number of rotatable bonds is 6. The average molecular weight is 247 g/mol. The SMILES string of the molecule is C=CC[C@@](C)(C(=O)OCC)N(C)c1ccccc1. The van der Waals surface area contributed by atoms with Crippen LogP contribution in [0.1, 0.15) is 20.3 Å². The lowest BCUT2D eigenvalue weighted by Gasteiger charge is -2.37. The molecule has 3 heteroatoms. The zero-order valence-corrected chi connectivity index (χ0v) is 11.3. The molecule has 0 saturated heterocycles. The molecule has 3 nitrogen and oxygen atoms in total. The van der Waals surface area contributed by atoms with Crippen LogP contribution in [-0.4, -0.2) is 25.2 Å². The van der Waals surface area contributed by atoms with Gasteiger partial charge in [-0.25, -0.2) is 4.79 Å². The van der Waals surface area contributed by atoms with Gasteiger partial charge in [0, 0.05) is 12.7 Å². The Hall–Kier alpha value is -1.77. The maximum absolute atomic E-state index is 12.2. The van der Waals surface area contributed by atoms with E-state index in [0.717, 1.165) is 5.69 Å². The van der Waals surface area contributed by atoms with Crippen LogP contribution in [0.4, 0.5) is 5.69 Å². The number of anilines is 1. The molecule has 98 valence electrons. The van der Waals surface area contributed by atoms with Crippen LogP contribution < -0.4 is 4.90 Å². The quantitative estimate of drug-likeness (QED) is 0.571. The Morgan fingerprint density at radius 1 is 1.44 bits per heavy atom. The van der Waals surface area contributed by atoms with Gasteiger partial charge in [0.05, 0.1) is 6.61 Å². The van der Waals surface area contributed by atoms with Crippen molar-refractivity contribution in [1.82, 2.24) is 0 Å². The molecule has 0 N–H and O–H groups in total. The number of hydrogen-bond acceptors (Lipinski definition) is 3. The standard InChI is InChI=1S/C15H21NO2/c1-5-12-15(3,14(17)18-6-2)16(4)13-10-8-7-9-11-13/h5,7-11H,1,6,12H2,2-4H3/t15-/m0/s1. The summed E-state index contributed by atoms with van der Waals surface area (Å²) in [6.07, 6.45) is 2.29. The summed E-state index contributed by atoms with van der Waals surface area (Å²) in [6.45, 7) is 7.80. The lowest BCUT2D eigenvalue weighted by molar-refractivity contribution is -0.148. The van der Waals surface area contributed by atoms with Crippen molar-refractivity contribution in [3.8, 4) is 0 Å². The van der Waals surface area contributed by atoms with Crippen molar-refractivity contribution in [3.05, 3.63) is 43.0 Å². The number of nitrogens with zero attached hydrogens (tertiary/aromatic N) is 1. The molecule has 0 aliphatic rings. The van der Waals surface area contributed by atoms with E-state index in [4.69, 9.17) is 4.74 Å². The van der Waals surface area contributed by atoms with E-state index in [1.807, 2.05) is 56.1 Å². The number of benzene rings is 1. The minimum Gasteiger partial charge on any atom is -0.464 e. The highest BCUT2D eigenvalue weighted by molar-refractivity contribution is 5.85. The fourth-order valence-electron chi connectivity index (χ4n) is 1.86. The summed E-state index contributed by atoms with van der Waals surface area (Å²) in [5, 5.41) is 0. The summed E-state index contributed by atoms with van der Waals surface area (Å²) in [5.41, 5.74) is 0.258. The van der Waals surface area contributed by atoms with Gasteiger partial charge in [0.25, 0.3) is 0 Å². The first-order valence-corrected chi connectivity index (χ1v) is 6.13. The van der Waals surface area contributed by atoms with Gasteiger partial charge in [0.15, 0.2) is 0 Å². The third kappa shape index (κ3) is 2.92. The minimum absolute atomic E-state index is 0.226. The molecule has 0 aliphatic heterocycles. The second kappa shape index (κ2) is 6.24. The summed E-state index contributed by atoms with van der Waals surface area (Å²) in [7, 11) is 1.90. The summed E-state index contributed by atoms with van der Waals surface area (Å²) in [4.78, 5) is 14.1. The van der Waals surface area contributed by atoms with Gasteiger partial charge in [-0.1, -0.05) is 24.3 Å². The largest absolute Gasteiger partial charge is 0.464 e. The Labute approximate surface area is 109 Å². The molecule has 0 fully saturated rings. The average Bonchev–Trinajstić information content (AvgIpc) is 2.39. The van der Waals surface area contributed by atoms with Gasteiger partial charge in [-0.2, -0.15) is 0 Å². The van der Waals surface area contributed by atoms with E-state index in [2.05, 4.69) is 6.58 Å². The molecule has 1 atom stereocenters. The number of para-hydroxylation sites is 1. The van der Waals surface area contributed by atoms with E-state index in [0.29, 0.717) is 13.0 Å². The Morgan fingerprint density at radius 2 is 2.06 bits per heavy atom. The van der Waals surface area contributed by atoms with E-state index in [-0.39, 0.29) is 5.97 Å². The third-order valence-corrected chi connectivity index (χ3v) is 3.14. The number of hydrogen-bond donors (Lipinski definition) is 0. The molecule has 1 aromatic rings. The molecule has 1 rings (SSSR count). The van der Waals surface area contributed by atoms with Crippen molar-refractivity contribution >= 4 is 11.7 Å². The van der Waals surface area contributed by atoms with E-state index in [9.17, 15) is 4.79 Å². The zero-order chi connectivity index (χ0) is 13.6. The van der Waals surface area contributed by atoms with Crippen molar-refractivity contribution in [2.24, 2.45) is 0 Å². The first-order valence-electron chi connectivity index (χ1n) is 6.13. The lowest BCUT2D eigenvalue weighted by Crippen LogP contribution is -2.51. The number of carbonyl (C=O) groups is 1. The van der Waals surface area contributed by atoms with Crippen LogP contribution in [0.5, 0.6) is 0 Å². The lowest BCUT2D eigenvalue weighted by atomic mass is 9.95. The second-order valence-electron chi connectivity index (χ2n) is 4.38. The third-order valence-electron chi connectivity index (χ3n) is 3.14. The van der Waals surface area contributed by atoms with E-state index in [1.54, 1.807) is 6.08 Å². The monoisotopic (exact) mass is 247 g/mol. The Bertz CT molecular complexity index is 402. The van der Waals surface area contributed by atoms with Crippen LogP contribution >= 0.6 is 0 Å². The molecule has 0 bridgehead atoms. The van der Waals surface area contributed by atoms with Gasteiger partial charge < -0.3 is 9.64 Å². The smallest absolute Gasteiger partial charge is 0.331 e. The molecular formula is C15H21NO2. The number of carbonyl (C=O) groups excluding carboxylic acids is 1. The topological polar surface area (TPSA) is 29.5 Å². The van der Waals surface area contributed by atoms with Gasteiger partial charge in [0.2, 0.25) is 0 Å². The maximum atomic E-state index is 12.2. The van der Waals surface area contributed by atoms with Crippen molar-refractivity contribution < 1.29 is 9.53 Å². The Morgan fingerprint density at radius 3 is 2.56 bits per heavy atom. The van der Waals surface area contributed by atoms with E-state index >= 15 is 0 Å². The second-order valence-corrected chi connectivity index (χ2v) is 4.38. The highest BCUT2D eigenvalue weighted by Gasteiger charge is 2.38. The fraction of sp³-hybridized carbons (Fsp3) is 0.400. The molecule has 0 heterocycles. The highest BCUT2D eigenvalue weighted by Crippen LogP contribution is 2.26. The van der Waals surface area contributed by atoms with Crippen LogP contribution in [0.15, 0.2) is 43.0 Å². The Kier molecular flexibility index (Phi) is 4.95. The molecule has 0 spiro atoms. The molecule has 0 aliphatic carbocycles. The molecule has 0 aromatic heterocycles. The predicted octanol–water partition coefficient (Wildman–Crippen LogP) is 3.02. The van der Waals surface area contributed by atoms with Crippen molar-refractivity contribution in [2.45, 2.75) is 25.8 Å². The van der Waals surface area contributed by atoms with Crippen molar-refractivity contribution in [2.75, 3.05) is 18.6 Å². The van der Waals surface area contributed by atoms with Crippen LogP contribution in [-0.2, 0) is 9.53 Å². The van der Waals surface area contributed by atoms with Crippen LogP contribution in [0, 0.1) is 0 Å². The Balaban J connectivity index is 3.04. The molecule has 0 saturated carbocycles. The molecule has 0 unspecified atom stereocenters. The van der Waals surface area contributed by atoms with Gasteiger partial charge in [-0.05, 0) is 32.4 Å². The highest BCUT2D eigenvalue weighted by atomic mass is 16.5. The van der Waals surface area contributed by atoms with Gasteiger partial charge >= 0.3 is 5.97 Å². The maximum Gasteiger partial charge on any atom is 0.331 e. The van der Waals surface area contributed by atoms with Gasteiger partial charge in [0.1, 0.15) is 5.54 Å². The molecule has 0 amide bonds. The zero-order valence-electron chi connectivity index (χ0n) is 11.3. The van der Waals surface area contributed by atoms with E-state index < -0.39 is 5.54 Å². The molecule has 18 heavy (non-hydrogen) atoms. The summed E-state index contributed by atoms with van der Waals surface area (Å²) < 4.78 is 5.17. The van der Waals surface area contributed by atoms with Gasteiger partial charge in [-0.3, -0.25) is 0 Å². The van der Waals surface area contributed by atoms with Crippen LogP contribution in [0.3, 0.4) is 0 Å². The fourth-order valence-corrected chi connectivity index (χ4v) is 1.86. The predicted molar refractivity (Wildman–Crippen MR) is 74.7 cm³/mol. The number of likely N-dealkylation sites (N-methyl/N-ethyl adjacent to an activating group) is 1. The summed E-state index contributed by atoms with van der Waals surface area (Å²) in [6, 6.07) is 9.80. The first-order chi connectivity index (χ1) is 8.56. The summed E-state index contributed by atoms with van der Waals surface area (Å²) in [5.74, 6) is -0.226. The van der Waals surface area contributed by atoms with Crippen molar-refractivity contribution in [1.29, 1.82) is 0 Å². The van der Waals surface area contributed by atoms with Crippen LogP contribution in [0.2, 0.25) is 0 Å². The normalized spacial score (nSPS) is 13.5. The van der Waals surface area contributed by atoms with Gasteiger partial charge in [-0.15, -0.1) is 6.58 Å². The van der Waals surface area contributed by atoms with E-state index in [1.165, 1.54) is 0 Å². The molecule has 1 aromatic carbocycles. The minimum atomic E-state index is -0.723. The van der Waals surface area contributed by atoms with Crippen molar-refractivity contribution in [3.63, 3.8) is 0 Å². The van der Waals surface area contributed by atoms with Crippen LogP contribution in [0.25, 0.3) is 0 Å². The number of ether oxygens (including phenoxy) is 1. The molecular weight excluding hydrogens is 226 g/mol.